The van der Waals surface area contributed by atoms with Gasteiger partial charge in [0, 0.05) is 24.5 Å². The number of carbonyl (C=O) groups is 1. The Labute approximate surface area is 167 Å². The lowest BCUT2D eigenvalue weighted by atomic mass is 9.78. The van der Waals surface area contributed by atoms with E-state index in [0.717, 1.165) is 18.7 Å². The minimum atomic E-state index is -0.840. The van der Waals surface area contributed by atoms with Crippen LogP contribution in [-0.4, -0.2) is 45.3 Å². The SMILES string of the molecule is O=C(N[C@@]1(c2ccccc2)CCN(Cc2cccs2)C[C@H]1O)c1ccnnc1. The van der Waals surface area contributed by atoms with Crippen LogP contribution in [0.3, 0.4) is 0 Å². The molecule has 0 unspecified atom stereocenters. The van der Waals surface area contributed by atoms with E-state index in [2.05, 4.69) is 31.9 Å². The molecule has 2 aromatic heterocycles. The number of likely N-dealkylation sites (tertiary alicyclic amines) is 1. The molecule has 2 atom stereocenters. The third-order valence-electron chi connectivity index (χ3n) is 5.25. The van der Waals surface area contributed by atoms with Crippen molar-refractivity contribution >= 4 is 17.2 Å². The van der Waals surface area contributed by atoms with Crippen LogP contribution in [0.15, 0.2) is 66.3 Å². The molecule has 1 fully saturated rings. The summed E-state index contributed by atoms with van der Waals surface area (Å²) in [5, 5.41) is 23.9. The number of piperidine rings is 1. The smallest absolute Gasteiger partial charge is 0.253 e. The molecule has 0 bridgehead atoms. The third-order valence-corrected chi connectivity index (χ3v) is 6.11. The second kappa shape index (κ2) is 8.18. The number of aromatic nitrogens is 2. The van der Waals surface area contributed by atoms with Crippen LogP contribution in [0.2, 0.25) is 0 Å². The Morgan fingerprint density at radius 3 is 2.75 bits per heavy atom. The number of rotatable bonds is 5. The minimum absolute atomic E-state index is 0.260. The molecule has 4 rings (SSSR count). The van der Waals surface area contributed by atoms with Crippen molar-refractivity contribution in [2.24, 2.45) is 0 Å². The number of β-amino-alcohol motifs (C(OH)–C–C–N with tert-alkyl or cyclic N) is 1. The fourth-order valence-electron chi connectivity index (χ4n) is 3.75. The van der Waals surface area contributed by atoms with Crippen molar-refractivity contribution in [1.29, 1.82) is 0 Å². The van der Waals surface area contributed by atoms with E-state index >= 15 is 0 Å². The van der Waals surface area contributed by atoms with Crippen molar-refractivity contribution in [3.63, 3.8) is 0 Å². The second-order valence-corrected chi connectivity index (χ2v) is 8.04. The minimum Gasteiger partial charge on any atom is -0.389 e. The average molecular weight is 395 g/mol. The highest BCUT2D eigenvalue weighted by Gasteiger charge is 2.45. The zero-order chi connectivity index (χ0) is 19.4. The fourth-order valence-corrected chi connectivity index (χ4v) is 4.50. The molecule has 0 saturated carbocycles. The maximum absolute atomic E-state index is 12.9. The molecule has 1 aliphatic rings. The van der Waals surface area contributed by atoms with Gasteiger partial charge in [0.1, 0.15) is 0 Å². The Bertz CT molecular complexity index is 905. The Morgan fingerprint density at radius 1 is 1.21 bits per heavy atom. The van der Waals surface area contributed by atoms with E-state index in [9.17, 15) is 9.90 Å². The zero-order valence-electron chi connectivity index (χ0n) is 15.4. The number of hydrogen-bond donors (Lipinski definition) is 2. The Kier molecular flexibility index (Phi) is 5.47. The zero-order valence-corrected chi connectivity index (χ0v) is 16.2. The molecule has 0 radical (unpaired) electrons. The van der Waals surface area contributed by atoms with E-state index in [-0.39, 0.29) is 5.91 Å². The molecule has 1 aliphatic heterocycles. The van der Waals surface area contributed by atoms with E-state index in [4.69, 9.17) is 0 Å². The molecule has 6 nitrogen and oxygen atoms in total. The van der Waals surface area contributed by atoms with Gasteiger partial charge in [-0.05, 0) is 29.5 Å². The van der Waals surface area contributed by atoms with Gasteiger partial charge in [-0.1, -0.05) is 36.4 Å². The summed E-state index contributed by atoms with van der Waals surface area (Å²) in [6.45, 7) is 2.07. The standard InChI is InChI=1S/C21H22N4O2S/c26-19-15-25(14-18-7-4-12-28-18)11-9-21(19,17-5-2-1-3-6-17)24-20(27)16-8-10-22-23-13-16/h1-8,10,12-13,19,26H,9,11,14-15H2,(H,24,27)/t19-,21-/m1/s1. The van der Waals surface area contributed by atoms with E-state index in [1.165, 1.54) is 17.3 Å². The number of aliphatic hydroxyl groups is 1. The normalized spacial score (nSPS) is 22.7. The number of nitrogens with zero attached hydrogens (tertiary/aromatic N) is 3. The van der Waals surface area contributed by atoms with Crippen molar-refractivity contribution in [2.75, 3.05) is 13.1 Å². The van der Waals surface area contributed by atoms with Crippen LogP contribution in [-0.2, 0) is 12.1 Å². The number of hydrogen-bond acceptors (Lipinski definition) is 6. The highest BCUT2D eigenvalue weighted by Crippen LogP contribution is 2.34. The number of thiophene rings is 1. The first-order valence-electron chi connectivity index (χ1n) is 9.25. The van der Waals surface area contributed by atoms with Gasteiger partial charge in [-0.25, -0.2) is 0 Å². The van der Waals surface area contributed by atoms with Crippen molar-refractivity contribution in [3.8, 4) is 0 Å². The Hall–Kier alpha value is -2.61. The van der Waals surface area contributed by atoms with Gasteiger partial charge >= 0.3 is 0 Å². The summed E-state index contributed by atoms with van der Waals surface area (Å²) in [7, 11) is 0. The lowest BCUT2D eigenvalue weighted by Crippen LogP contribution is -2.61. The van der Waals surface area contributed by atoms with Crippen molar-refractivity contribution in [3.05, 3.63) is 82.3 Å². The summed E-state index contributed by atoms with van der Waals surface area (Å²) in [4.78, 5) is 16.4. The molecular formula is C21H22N4O2S. The van der Waals surface area contributed by atoms with E-state index in [0.29, 0.717) is 18.5 Å². The molecule has 1 aromatic carbocycles. The van der Waals surface area contributed by atoms with Gasteiger partial charge in [0.05, 0.1) is 29.6 Å². The topological polar surface area (TPSA) is 78.4 Å². The van der Waals surface area contributed by atoms with Crippen LogP contribution >= 0.6 is 11.3 Å². The molecule has 1 saturated heterocycles. The number of benzene rings is 1. The number of amides is 1. The van der Waals surface area contributed by atoms with Crippen LogP contribution in [0.5, 0.6) is 0 Å². The van der Waals surface area contributed by atoms with Gasteiger partial charge in [-0.15, -0.1) is 11.3 Å². The maximum Gasteiger partial charge on any atom is 0.253 e. The predicted octanol–water partition coefficient (Wildman–Crippen LogP) is 2.43. The number of carbonyl (C=O) groups excluding carboxylic acids is 1. The van der Waals surface area contributed by atoms with E-state index < -0.39 is 11.6 Å². The highest BCUT2D eigenvalue weighted by molar-refractivity contribution is 7.09. The van der Waals surface area contributed by atoms with E-state index in [1.807, 2.05) is 36.4 Å². The summed E-state index contributed by atoms with van der Waals surface area (Å²) in [6, 6.07) is 15.5. The first-order valence-corrected chi connectivity index (χ1v) is 10.1. The summed E-state index contributed by atoms with van der Waals surface area (Å²) in [5.41, 5.74) is 0.500. The Balaban J connectivity index is 1.59. The molecule has 0 spiro atoms. The molecule has 7 heteroatoms. The molecule has 144 valence electrons. The van der Waals surface area contributed by atoms with Crippen LogP contribution in [0, 0.1) is 0 Å². The summed E-state index contributed by atoms with van der Waals surface area (Å²) < 4.78 is 0. The summed E-state index contributed by atoms with van der Waals surface area (Å²) >= 11 is 1.72. The van der Waals surface area contributed by atoms with Crippen LogP contribution in [0.1, 0.15) is 27.2 Å². The quantitative estimate of drug-likeness (QED) is 0.695. The predicted molar refractivity (Wildman–Crippen MR) is 108 cm³/mol. The van der Waals surface area contributed by atoms with Crippen LogP contribution < -0.4 is 5.32 Å². The van der Waals surface area contributed by atoms with Gasteiger partial charge in [-0.2, -0.15) is 10.2 Å². The van der Waals surface area contributed by atoms with Crippen molar-refractivity contribution in [1.82, 2.24) is 20.4 Å². The van der Waals surface area contributed by atoms with Crippen molar-refractivity contribution in [2.45, 2.75) is 24.6 Å². The van der Waals surface area contributed by atoms with Crippen LogP contribution in [0.4, 0.5) is 0 Å². The van der Waals surface area contributed by atoms with Gasteiger partial charge < -0.3 is 10.4 Å². The molecule has 2 N–H and O–H groups in total. The van der Waals surface area contributed by atoms with Gasteiger partial charge in [0.15, 0.2) is 0 Å². The molecule has 3 aromatic rings. The Morgan fingerprint density at radius 2 is 2.07 bits per heavy atom. The van der Waals surface area contributed by atoms with Crippen LogP contribution in [0.25, 0.3) is 0 Å². The van der Waals surface area contributed by atoms with E-state index in [1.54, 1.807) is 17.4 Å². The first-order chi connectivity index (χ1) is 13.7. The third kappa shape index (κ3) is 3.82. The molecular weight excluding hydrogens is 372 g/mol. The molecule has 1 amide bonds. The lowest BCUT2D eigenvalue weighted by molar-refractivity contribution is -0.0178. The number of aliphatic hydroxyl groups excluding tert-OH is 1. The lowest BCUT2D eigenvalue weighted by Gasteiger charge is -2.46. The highest BCUT2D eigenvalue weighted by atomic mass is 32.1. The maximum atomic E-state index is 12.9. The summed E-state index contributed by atoms with van der Waals surface area (Å²) in [6.07, 6.45) is 2.81. The van der Waals surface area contributed by atoms with Crippen molar-refractivity contribution < 1.29 is 9.90 Å². The average Bonchev–Trinajstić information content (AvgIpc) is 3.24. The largest absolute Gasteiger partial charge is 0.389 e. The van der Waals surface area contributed by atoms with Gasteiger partial charge in [-0.3, -0.25) is 9.69 Å². The first kappa shape index (κ1) is 18.7. The molecule has 0 aliphatic carbocycles. The number of nitrogens with one attached hydrogen (secondary N) is 1. The van der Waals surface area contributed by atoms with Gasteiger partial charge in [0.25, 0.3) is 5.91 Å². The van der Waals surface area contributed by atoms with Gasteiger partial charge in [0.2, 0.25) is 0 Å². The second-order valence-electron chi connectivity index (χ2n) is 7.00. The fraction of sp³-hybridized carbons (Fsp3) is 0.286. The summed E-state index contributed by atoms with van der Waals surface area (Å²) in [5.74, 6) is -0.260. The molecule has 28 heavy (non-hydrogen) atoms. The monoisotopic (exact) mass is 394 g/mol. The molecule has 3 heterocycles.